The molecule has 1 rings (SSSR count). The number of amides is 2. The Morgan fingerprint density at radius 3 is 2.56 bits per heavy atom. The summed E-state index contributed by atoms with van der Waals surface area (Å²) in [5.41, 5.74) is 6.43. The van der Waals surface area contributed by atoms with Crippen molar-refractivity contribution in [2.75, 3.05) is 12.0 Å². The maximum atomic E-state index is 11.7. The highest BCUT2D eigenvalue weighted by molar-refractivity contribution is 6.02. The van der Waals surface area contributed by atoms with Crippen molar-refractivity contribution in [3.8, 4) is 0 Å². The van der Waals surface area contributed by atoms with Gasteiger partial charge in [-0.1, -0.05) is 6.07 Å². The molecule has 0 radical (unpaired) electrons. The van der Waals surface area contributed by atoms with E-state index in [4.69, 9.17) is 11.6 Å². The Kier molecular flexibility index (Phi) is 4.16. The number of hydrogen-bond acceptors (Lipinski definition) is 6. The maximum Gasteiger partial charge on any atom is 0.294 e. The third-order valence-electron chi connectivity index (χ3n) is 2.05. The molecule has 1 aromatic carbocycles. The fourth-order valence-corrected chi connectivity index (χ4v) is 1.30. The van der Waals surface area contributed by atoms with Crippen molar-refractivity contribution >= 4 is 23.2 Å². The number of carbonyl (C=O) groups excluding carboxylic acids is 2. The molecule has 9 nitrogen and oxygen atoms in total. The smallest absolute Gasteiger partial charge is 0.294 e. The molecule has 0 fully saturated rings. The number of nitrogens with two attached hydrogens (primary N) is 2. The molecule has 0 saturated carbocycles. The molecule has 0 aliphatic heterocycles. The molecule has 0 aliphatic carbocycles. The van der Waals surface area contributed by atoms with Crippen LogP contribution in [0.25, 0.3) is 0 Å². The van der Waals surface area contributed by atoms with Gasteiger partial charge in [0, 0.05) is 6.07 Å². The van der Waals surface area contributed by atoms with Gasteiger partial charge < -0.3 is 16.5 Å². The number of nitro groups is 1. The number of benzene rings is 1. The zero-order chi connectivity index (χ0) is 13.7. The van der Waals surface area contributed by atoms with Crippen LogP contribution < -0.4 is 22.3 Å². The van der Waals surface area contributed by atoms with E-state index in [9.17, 15) is 19.7 Å². The summed E-state index contributed by atoms with van der Waals surface area (Å²) in [6, 6.07) is 3.86. The number of nitrogens with zero attached hydrogens (tertiary/aromatic N) is 1. The first-order valence-corrected chi connectivity index (χ1v) is 4.78. The third-order valence-corrected chi connectivity index (χ3v) is 2.05. The van der Waals surface area contributed by atoms with E-state index in [0.29, 0.717) is 0 Å². The second-order valence-corrected chi connectivity index (χ2v) is 3.25. The standard InChI is InChI=1S/C9H11N5O4/c10-7(15)4-12-9(16)5-2-1-3-6(14(17)18)8(5)13-11/h1-3,13H,4,11H2,(H2,10,15)(H,12,16). The van der Waals surface area contributed by atoms with Crippen molar-refractivity contribution in [3.63, 3.8) is 0 Å². The molecule has 6 N–H and O–H groups in total. The van der Waals surface area contributed by atoms with Gasteiger partial charge in [0.1, 0.15) is 5.69 Å². The fourth-order valence-electron chi connectivity index (χ4n) is 1.30. The SMILES string of the molecule is NNc1c(C(=O)NCC(N)=O)cccc1[N+](=O)[O-]. The van der Waals surface area contributed by atoms with Crippen LogP contribution in [0.15, 0.2) is 18.2 Å². The molecule has 0 aliphatic rings. The minimum absolute atomic E-state index is 0.0482. The van der Waals surface area contributed by atoms with E-state index in [-0.39, 0.29) is 23.5 Å². The lowest BCUT2D eigenvalue weighted by atomic mass is 10.1. The topological polar surface area (TPSA) is 153 Å². The van der Waals surface area contributed by atoms with E-state index in [0.717, 1.165) is 0 Å². The Balaban J connectivity index is 3.08. The molecule has 2 amide bonds. The summed E-state index contributed by atoms with van der Waals surface area (Å²) in [4.78, 5) is 32.2. The molecule has 0 aromatic heterocycles. The van der Waals surface area contributed by atoms with Gasteiger partial charge >= 0.3 is 0 Å². The molecule has 0 spiro atoms. The van der Waals surface area contributed by atoms with Crippen LogP contribution in [0.4, 0.5) is 11.4 Å². The highest BCUT2D eigenvalue weighted by Crippen LogP contribution is 2.27. The summed E-state index contributed by atoms with van der Waals surface area (Å²) in [5, 5.41) is 12.9. The predicted molar refractivity (Wildman–Crippen MR) is 62.4 cm³/mol. The van der Waals surface area contributed by atoms with Gasteiger partial charge in [0.15, 0.2) is 0 Å². The van der Waals surface area contributed by atoms with Crippen molar-refractivity contribution in [2.24, 2.45) is 11.6 Å². The van der Waals surface area contributed by atoms with E-state index < -0.39 is 16.7 Å². The number of nitro benzene ring substituents is 1. The molecule has 0 heterocycles. The number of primary amides is 1. The monoisotopic (exact) mass is 253 g/mol. The summed E-state index contributed by atoms with van der Waals surface area (Å²) < 4.78 is 0. The minimum Gasteiger partial charge on any atom is -0.368 e. The molecular formula is C9H11N5O4. The van der Waals surface area contributed by atoms with E-state index in [1.807, 2.05) is 0 Å². The molecule has 1 aromatic rings. The summed E-state index contributed by atoms with van der Waals surface area (Å²) in [6.45, 7) is -0.370. The lowest BCUT2D eigenvalue weighted by Gasteiger charge is -2.08. The van der Waals surface area contributed by atoms with Crippen molar-refractivity contribution in [1.82, 2.24) is 5.32 Å². The van der Waals surface area contributed by atoms with Gasteiger partial charge in [0.2, 0.25) is 5.91 Å². The zero-order valence-corrected chi connectivity index (χ0v) is 9.17. The molecule has 18 heavy (non-hydrogen) atoms. The Morgan fingerprint density at radius 1 is 1.39 bits per heavy atom. The Morgan fingerprint density at radius 2 is 2.06 bits per heavy atom. The number of para-hydroxylation sites is 1. The van der Waals surface area contributed by atoms with Crippen molar-refractivity contribution in [2.45, 2.75) is 0 Å². The molecule has 0 bridgehead atoms. The van der Waals surface area contributed by atoms with Crippen LogP contribution in [0.2, 0.25) is 0 Å². The first-order valence-electron chi connectivity index (χ1n) is 4.78. The van der Waals surface area contributed by atoms with Gasteiger partial charge in [-0.2, -0.15) is 0 Å². The highest BCUT2D eigenvalue weighted by Gasteiger charge is 2.20. The summed E-state index contributed by atoms with van der Waals surface area (Å²) in [6.07, 6.45) is 0. The van der Waals surface area contributed by atoms with Crippen LogP contribution in [0.3, 0.4) is 0 Å². The molecule has 9 heteroatoms. The Hall–Kier alpha value is -2.68. The predicted octanol–water partition coefficient (Wildman–Crippen LogP) is -0.904. The van der Waals surface area contributed by atoms with E-state index in [1.54, 1.807) is 0 Å². The summed E-state index contributed by atoms with van der Waals surface area (Å²) in [5.74, 6) is 3.74. The summed E-state index contributed by atoms with van der Waals surface area (Å²) >= 11 is 0. The number of nitrogens with one attached hydrogen (secondary N) is 2. The Bertz CT molecular complexity index is 502. The lowest BCUT2D eigenvalue weighted by Crippen LogP contribution is -2.33. The average Bonchev–Trinajstić information content (AvgIpc) is 2.34. The van der Waals surface area contributed by atoms with Gasteiger partial charge in [0.05, 0.1) is 17.0 Å². The zero-order valence-electron chi connectivity index (χ0n) is 9.17. The van der Waals surface area contributed by atoms with Crippen LogP contribution in [0, 0.1) is 10.1 Å². The van der Waals surface area contributed by atoms with Crippen LogP contribution in [-0.2, 0) is 4.79 Å². The van der Waals surface area contributed by atoms with Crippen LogP contribution in [0.5, 0.6) is 0 Å². The van der Waals surface area contributed by atoms with Gasteiger partial charge in [-0.15, -0.1) is 0 Å². The molecule has 0 atom stereocenters. The number of anilines is 1. The lowest BCUT2D eigenvalue weighted by molar-refractivity contribution is -0.384. The largest absolute Gasteiger partial charge is 0.368 e. The van der Waals surface area contributed by atoms with Crippen molar-refractivity contribution in [1.29, 1.82) is 0 Å². The molecular weight excluding hydrogens is 242 g/mol. The minimum atomic E-state index is -0.726. The number of hydrogen-bond donors (Lipinski definition) is 4. The second kappa shape index (κ2) is 5.59. The number of nitrogen functional groups attached to an aromatic ring is 1. The van der Waals surface area contributed by atoms with Crippen LogP contribution in [-0.4, -0.2) is 23.3 Å². The molecule has 0 unspecified atom stereocenters. The fraction of sp³-hybridized carbons (Fsp3) is 0.111. The van der Waals surface area contributed by atoms with Crippen LogP contribution in [0.1, 0.15) is 10.4 Å². The second-order valence-electron chi connectivity index (χ2n) is 3.25. The normalized spacial score (nSPS) is 9.61. The van der Waals surface area contributed by atoms with Gasteiger partial charge in [-0.05, 0) is 6.07 Å². The van der Waals surface area contributed by atoms with Gasteiger partial charge in [-0.25, -0.2) is 0 Å². The van der Waals surface area contributed by atoms with Gasteiger partial charge in [-0.3, -0.25) is 25.5 Å². The average molecular weight is 253 g/mol. The van der Waals surface area contributed by atoms with Crippen molar-refractivity contribution in [3.05, 3.63) is 33.9 Å². The quantitative estimate of drug-likeness (QED) is 0.303. The highest BCUT2D eigenvalue weighted by atomic mass is 16.6. The number of rotatable bonds is 5. The number of carbonyl (C=O) groups is 2. The third kappa shape index (κ3) is 2.92. The first-order chi connectivity index (χ1) is 8.47. The van der Waals surface area contributed by atoms with Crippen molar-refractivity contribution < 1.29 is 14.5 Å². The van der Waals surface area contributed by atoms with Gasteiger partial charge in [0.25, 0.3) is 11.6 Å². The van der Waals surface area contributed by atoms with E-state index in [2.05, 4.69) is 10.7 Å². The summed E-state index contributed by atoms with van der Waals surface area (Å²) in [7, 11) is 0. The van der Waals surface area contributed by atoms with E-state index >= 15 is 0 Å². The van der Waals surface area contributed by atoms with Crippen LogP contribution >= 0.6 is 0 Å². The molecule has 0 saturated heterocycles. The Labute approximate surface area is 101 Å². The first kappa shape index (κ1) is 13.4. The number of hydrazine groups is 1. The maximum absolute atomic E-state index is 11.7. The molecule has 96 valence electrons. The van der Waals surface area contributed by atoms with E-state index in [1.165, 1.54) is 18.2 Å².